The van der Waals surface area contributed by atoms with Crippen LogP contribution in [0.25, 0.3) is 0 Å². The molecule has 2 amide bonds. The number of piperidine rings is 2. The van der Waals surface area contributed by atoms with Crippen molar-refractivity contribution in [3.8, 4) is 5.75 Å². The number of likely N-dealkylation sites (tertiary alicyclic amines) is 2. The monoisotopic (exact) mass is 534 g/mol. The van der Waals surface area contributed by atoms with Gasteiger partial charge in [-0.3, -0.25) is 9.59 Å². The molecule has 39 heavy (non-hydrogen) atoms. The molecule has 2 aromatic carbocycles. The first-order chi connectivity index (χ1) is 18.9. The van der Waals surface area contributed by atoms with E-state index in [-0.39, 0.29) is 11.8 Å². The number of nitrogens with zero attached hydrogens (tertiary/aromatic N) is 2. The number of amides is 2. The summed E-state index contributed by atoms with van der Waals surface area (Å²) in [6, 6.07) is 17.1. The van der Waals surface area contributed by atoms with Crippen molar-refractivity contribution in [1.82, 2.24) is 15.1 Å². The summed E-state index contributed by atoms with van der Waals surface area (Å²) >= 11 is 0. The van der Waals surface area contributed by atoms with Gasteiger partial charge in [-0.2, -0.15) is 0 Å². The SMILES string of the molecule is CC(C)CC(N)C(=O)NC(Cc1ccc(OCc2ccccc2)cc1)C(=O)N1CCC(N2CCCCC2)CC1. The van der Waals surface area contributed by atoms with Crippen molar-refractivity contribution in [2.24, 2.45) is 11.7 Å². The van der Waals surface area contributed by atoms with Gasteiger partial charge >= 0.3 is 0 Å². The van der Waals surface area contributed by atoms with Crippen LogP contribution >= 0.6 is 0 Å². The van der Waals surface area contributed by atoms with Gasteiger partial charge in [-0.25, -0.2) is 0 Å². The number of hydrogen-bond donors (Lipinski definition) is 2. The van der Waals surface area contributed by atoms with Gasteiger partial charge in [-0.1, -0.05) is 62.7 Å². The fraction of sp³-hybridized carbons (Fsp3) is 0.562. The Morgan fingerprint density at radius 1 is 0.923 bits per heavy atom. The lowest BCUT2D eigenvalue weighted by Crippen LogP contribution is -2.56. The smallest absolute Gasteiger partial charge is 0.245 e. The van der Waals surface area contributed by atoms with Gasteiger partial charge < -0.3 is 25.6 Å². The Balaban J connectivity index is 1.38. The molecule has 2 aliphatic heterocycles. The third-order valence-corrected chi connectivity index (χ3v) is 7.97. The number of nitrogens with two attached hydrogens (primary N) is 1. The van der Waals surface area contributed by atoms with Crippen molar-refractivity contribution >= 4 is 11.8 Å². The van der Waals surface area contributed by atoms with Gasteiger partial charge in [-0.05, 0) is 74.4 Å². The second kappa shape index (κ2) is 14.5. The molecule has 2 aromatic rings. The topological polar surface area (TPSA) is 87.9 Å². The third-order valence-electron chi connectivity index (χ3n) is 7.97. The number of rotatable bonds is 11. The van der Waals surface area contributed by atoms with Crippen molar-refractivity contribution in [2.75, 3.05) is 26.2 Å². The zero-order valence-electron chi connectivity index (χ0n) is 23.7. The van der Waals surface area contributed by atoms with E-state index in [0.717, 1.165) is 42.8 Å². The highest BCUT2D eigenvalue weighted by atomic mass is 16.5. The van der Waals surface area contributed by atoms with Crippen molar-refractivity contribution in [3.63, 3.8) is 0 Å². The molecule has 2 aliphatic rings. The molecule has 7 nitrogen and oxygen atoms in total. The van der Waals surface area contributed by atoms with Crippen molar-refractivity contribution in [2.45, 2.75) is 83.5 Å². The minimum atomic E-state index is -0.640. The van der Waals surface area contributed by atoms with E-state index in [4.69, 9.17) is 10.5 Å². The van der Waals surface area contributed by atoms with Gasteiger partial charge in [-0.15, -0.1) is 0 Å². The Morgan fingerprint density at radius 2 is 1.59 bits per heavy atom. The van der Waals surface area contributed by atoms with E-state index in [0.29, 0.717) is 31.4 Å². The van der Waals surface area contributed by atoms with E-state index in [1.54, 1.807) is 0 Å². The molecule has 212 valence electrons. The average molecular weight is 535 g/mol. The second-order valence-electron chi connectivity index (χ2n) is 11.6. The van der Waals surface area contributed by atoms with Crippen molar-refractivity contribution in [3.05, 3.63) is 65.7 Å². The number of ether oxygens (including phenoxy) is 1. The normalized spacial score (nSPS) is 18.5. The van der Waals surface area contributed by atoms with Crippen LogP contribution in [0.2, 0.25) is 0 Å². The van der Waals surface area contributed by atoms with Gasteiger partial charge in [0.05, 0.1) is 6.04 Å². The zero-order valence-corrected chi connectivity index (χ0v) is 23.7. The molecule has 3 N–H and O–H groups in total. The van der Waals surface area contributed by atoms with Gasteiger partial charge in [0.2, 0.25) is 11.8 Å². The molecule has 2 atom stereocenters. The van der Waals surface area contributed by atoms with Crippen molar-refractivity contribution < 1.29 is 14.3 Å². The third kappa shape index (κ3) is 8.80. The second-order valence-corrected chi connectivity index (χ2v) is 11.6. The molecule has 2 saturated heterocycles. The fourth-order valence-corrected chi connectivity index (χ4v) is 5.75. The van der Waals surface area contributed by atoms with E-state index in [9.17, 15) is 9.59 Å². The van der Waals surface area contributed by atoms with E-state index in [1.807, 2.05) is 73.3 Å². The summed E-state index contributed by atoms with van der Waals surface area (Å²) in [5, 5.41) is 3.01. The van der Waals surface area contributed by atoms with Crippen LogP contribution in [-0.2, 0) is 22.6 Å². The number of nitrogens with one attached hydrogen (secondary N) is 1. The number of carbonyl (C=O) groups excluding carboxylic acids is 2. The largest absolute Gasteiger partial charge is 0.489 e. The lowest BCUT2D eigenvalue weighted by molar-refractivity contribution is -0.138. The molecule has 2 heterocycles. The quantitative estimate of drug-likeness (QED) is 0.452. The van der Waals surface area contributed by atoms with E-state index in [2.05, 4.69) is 10.2 Å². The molecule has 2 fully saturated rings. The molecule has 0 bridgehead atoms. The highest BCUT2D eigenvalue weighted by Crippen LogP contribution is 2.22. The molecule has 0 spiro atoms. The molecule has 0 aromatic heterocycles. The van der Waals surface area contributed by atoms with E-state index < -0.39 is 12.1 Å². The molecule has 2 unspecified atom stereocenters. The van der Waals surface area contributed by atoms with Gasteiger partial charge in [0, 0.05) is 25.6 Å². The molecule has 0 radical (unpaired) electrons. The van der Waals surface area contributed by atoms with Crippen LogP contribution in [0.1, 0.15) is 63.5 Å². The Kier molecular flexibility index (Phi) is 10.8. The summed E-state index contributed by atoms with van der Waals surface area (Å²) in [7, 11) is 0. The lowest BCUT2D eigenvalue weighted by Gasteiger charge is -2.41. The highest BCUT2D eigenvalue weighted by Gasteiger charge is 2.32. The summed E-state index contributed by atoms with van der Waals surface area (Å²) in [4.78, 5) is 31.2. The van der Waals surface area contributed by atoms with Crippen LogP contribution in [0.4, 0.5) is 0 Å². The minimum absolute atomic E-state index is 0.0124. The molecule has 0 aliphatic carbocycles. The van der Waals surface area contributed by atoms with Crippen LogP contribution in [0.3, 0.4) is 0 Å². The Labute approximate surface area is 234 Å². The summed E-state index contributed by atoms with van der Waals surface area (Å²) < 4.78 is 5.92. The maximum absolute atomic E-state index is 13.7. The predicted octanol–water partition coefficient (Wildman–Crippen LogP) is 4.14. The Hall–Kier alpha value is -2.90. The maximum Gasteiger partial charge on any atom is 0.245 e. The summed E-state index contributed by atoms with van der Waals surface area (Å²) in [5.41, 5.74) is 8.26. The predicted molar refractivity (Wildman–Crippen MR) is 155 cm³/mol. The number of benzene rings is 2. The summed E-state index contributed by atoms with van der Waals surface area (Å²) in [6.07, 6.45) is 6.87. The first-order valence-electron chi connectivity index (χ1n) is 14.7. The van der Waals surface area contributed by atoms with E-state index in [1.165, 1.54) is 32.4 Å². The van der Waals surface area contributed by atoms with Crippen molar-refractivity contribution in [1.29, 1.82) is 0 Å². The Morgan fingerprint density at radius 3 is 2.23 bits per heavy atom. The van der Waals surface area contributed by atoms with Crippen LogP contribution in [-0.4, -0.2) is 65.9 Å². The Bertz CT molecular complexity index is 1030. The molecule has 7 heteroatoms. The molecular weight excluding hydrogens is 488 g/mol. The van der Waals surface area contributed by atoms with Crippen LogP contribution in [0.5, 0.6) is 5.75 Å². The van der Waals surface area contributed by atoms with Crippen LogP contribution < -0.4 is 15.8 Å². The number of hydrogen-bond acceptors (Lipinski definition) is 5. The number of carbonyl (C=O) groups is 2. The standard InChI is InChI=1S/C32H46N4O3/c1-24(2)21-29(33)31(37)34-30(32(38)36-19-15-27(16-20-36)35-17-7-4-8-18-35)22-25-11-13-28(14-12-25)39-23-26-9-5-3-6-10-26/h3,5-6,9-14,24,27,29-30H,4,7-8,15-23,33H2,1-2H3,(H,34,37). The van der Waals surface area contributed by atoms with Gasteiger partial charge in [0.15, 0.2) is 0 Å². The zero-order chi connectivity index (χ0) is 27.6. The van der Waals surface area contributed by atoms with Gasteiger partial charge in [0.1, 0.15) is 18.4 Å². The highest BCUT2D eigenvalue weighted by molar-refractivity contribution is 5.90. The van der Waals surface area contributed by atoms with Crippen LogP contribution in [0.15, 0.2) is 54.6 Å². The van der Waals surface area contributed by atoms with Crippen LogP contribution in [0, 0.1) is 5.92 Å². The molecule has 4 rings (SSSR count). The molecule has 0 saturated carbocycles. The maximum atomic E-state index is 13.7. The molecular formula is C32H46N4O3. The first-order valence-corrected chi connectivity index (χ1v) is 14.7. The average Bonchev–Trinajstić information content (AvgIpc) is 2.96. The van der Waals surface area contributed by atoms with E-state index >= 15 is 0 Å². The fourth-order valence-electron chi connectivity index (χ4n) is 5.75. The summed E-state index contributed by atoms with van der Waals surface area (Å²) in [6.45, 7) is 8.41. The summed E-state index contributed by atoms with van der Waals surface area (Å²) in [5.74, 6) is 0.806. The minimum Gasteiger partial charge on any atom is -0.489 e. The van der Waals surface area contributed by atoms with Gasteiger partial charge in [0.25, 0.3) is 0 Å². The first kappa shape index (κ1) is 29.1. The lowest BCUT2D eigenvalue weighted by atomic mass is 9.98.